The molecule has 0 saturated carbocycles. The Bertz CT molecular complexity index is 450. The third-order valence-electron chi connectivity index (χ3n) is 3.35. The van der Waals surface area contributed by atoms with Crippen LogP contribution in [0.5, 0.6) is 0 Å². The number of rotatable bonds is 3. The average molecular weight is 250 g/mol. The van der Waals surface area contributed by atoms with Crippen molar-refractivity contribution >= 4 is 17.4 Å². The van der Waals surface area contributed by atoms with Crippen molar-refractivity contribution in [3.05, 3.63) is 5.69 Å². The Morgan fingerprint density at radius 3 is 2.83 bits per heavy atom. The molecule has 2 heterocycles. The number of nitrogens with one attached hydrogen (secondary N) is 2. The number of hydrogen-bond donors (Lipinski definition) is 2. The molecule has 1 atom stereocenters. The molecular weight excluding hydrogens is 228 g/mol. The van der Waals surface area contributed by atoms with Crippen LogP contribution in [0.3, 0.4) is 0 Å². The van der Waals surface area contributed by atoms with Crippen LogP contribution in [0.15, 0.2) is 0 Å². The fourth-order valence-corrected chi connectivity index (χ4v) is 2.46. The van der Waals surface area contributed by atoms with E-state index >= 15 is 0 Å². The van der Waals surface area contributed by atoms with Crippen molar-refractivity contribution in [3.63, 3.8) is 0 Å². The SMILES string of the molecule is CCc1nn(C)c2c1NC(=O)C(CC(C)C)CN2. The normalized spacial score (nSPS) is 19.2. The second-order valence-corrected chi connectivity index (χ2v) is 5.34. The first-order valence-electron chi connectivity index (χ1n) is 6.63. The minimum absolute atomic E-state index is 0.0297. The number of aryl methyl sites for hydroxylation is 2. The lowest BCUT2D eigenvalue weighted by Crippen LogP contribution is -2.27. The predicted molar refractivity (Wildman–Crippen MR) is 72.7 cm³/mol. The molecule has 1 aliphatic heterocycles. The van der Waals surface area contributed by atoms with Crippen molar-refractivity contribution in [2.24, 2.45) is 18.9 Å². The summed E-state index contributed by atoms with van der Waals surface area (Å²) < 4.78 is 1.81. The Morgan fingerprint density at radius 2 is 2.22 bits per heavy atom. The number of carbonyl (C=O) groups excluding carboxylic acids is 1. The van der Waals surface area contributed by atoms with E-state index in [4.69, 9.17) is 0 Å². The van der Waals surface area contributed by atoms with Crippen molar-refractivity contribution in [2.45, 2.75) is 33.6 Å². The van der Waals surface area contributed by atoms with E-state index in [2.05, 4.69) is 29.6 Å². The van der Waals surface area contributed by atoms with Gasteiger partial charge in [-0.15, -0.1) is 0 Å². The zero-order valence-electron chi connectivity index (χ0n) is 11.6. The van der Waals surface area contributed by atoms with Crippen LogP contribution in [0.1, 0.15) is 32.9 Å². The molecule has 0 spiro atoms. The molecule has 18 heavy (non-hydrogen) atoms. The van der Waals surface area contributed by atoms with Crippen molar-refractivity contribution in [2.75, 3.05) is 17.2 Å². The predicted octanol–water partition coefficient (Wildman–Crippen LogP) is 2.01. The molecule has 1 aliphatic rings. The Labute approximate surface area is 108 Å². The molecule has 1 unspecified atom stereocenters. The van der Waals surface area contributed by atoms with Gasteiger partial charge in [0.15, 0.2) is 0 Å². The third kappa shape index (κ3) is 2.35. The van der Waals surface area contributed by atoms with Gasteiger partial charge in [-0.2, -0.15) is 5.10 Å². The zero-order valence-corrected chi connectivity index (χ0v) is 11.6. The molecular formula is C13H22N4O. The Balaban J connectivity index is 2.25. The molecule has 1 amide bonds. The highest BCUT2D eigenvalue weighted by atomic mass is 16.2. The molecule has 0 fully saturated rings. The summed E-state index contributed by atoms with van der Waals surface area (Å²) in [6.45, 7) is 7.01. The lowest BCUT2D eigenvalue weighted by molar-refractivity contribution is -0.119. The van der Waals surface area contributed by atoms with Crippen molar-refractivity contribution in [1.29, 1.82) is 0 Å². The van der Waals surface area contributed by atoms with Gasteiger partial charge in [-0.1, -0.05) is 20.8 Å². The summed E-state index contributed by atoms with van der Waals surface area (Å²) >= 11 is 0. The van der Waals surface area contributed by atoms with Crippen LogP contribution in [0, 0.1) is 11.8 Å². The minimum atomic E-state index is 0.0297. The van der Waals surface area contributed by atoms with E-state index in [1.54, 1.807) is 0 Å². The maximum atomic E-state index is 12.2. The van der Waals surface area contributed by atoms with Gasteiger partial charge in [0, 0.05) is 13.6 Å². The second kappa shape index (κ2) is 5.00. The number of anilines is 2. The largest absolute Gasteiger partial charge is 0.368 e. The zero-order chi connectivity index (χ0) is 13.3. The van der Waals surface area contributed by atoms with Gasteiger partial charge in [-0.25, -0.2) is 0 Å². The van der Waals surface area contributed by atoms with Gasteiger partial charge in [-0.3, -0.25) is 9.48 Å². The summed E-state index contributed by atoms with van der Waals surface area (Å²) in [4.78, 5) is 12.2. The molecule has 2 N–H and O–H groups in total. The summed E-state index contributed by atoms with van der Waals surface area (Å²) in [6.07, 6.45) is 1.72. The van der Waals surface area contributed by atoms with Gasteiger partial charge < -0.3 is 10.6 Å². The van der Waals surface area contributed by atoms with Crippen LogP contribution in [0.2, 0.25) is 0 Å². The lowest BCUT2D eigenvalue weighted by atomic mass is 9.96. The van der Waals surface area contributed by atoms with E-state index in [1.807, 2.05) is 18.7 Å². The fraction of sp³-hybridized carbons (Fsp3) is 0.692. The van der Waals surface area contributed by atoms with E-state index < -0.39 is 0 Å². The minimum Gasteiger partial charge on any atom is -0.368 e. The topological polar surface area (TPSA) is 59.0 Å². The smallest absolute Gasteiger partial charge is 0.229 e. The summed E-state index contributed by atoms with van der Waals surface area (Å²) in [7, 11) is 1.90. The summed E-state index contributed by atoms with van der Waals surface area (Å²) in [5.74, 6) is 1.58. The van der Waals surface area contributed by atoms with Gasteiger partial charge in [0.25, 0.3) is 0 Å². The number of nitrogens with zero attached hydrogens (tertiary/aromatic N) is 2. The Morgan fingerprint density at radius 1 is 1.50 bits per heavy atom. The van der Waals surface area contributed by atoms with Crippen LogP contribution in [0.25, 0.3) is 0 Å². The highest BCUT2D eigenvalue weighted by Crippen LogP contribution is 2.30. The maximum absolute atomic E-state index is 12.2. The summed E-state index contributed by atoms with van der Waals surface area (Å²) in [5.41, 5.74) is 1.80. The Hall–Kier alpha value is -1.52. The number of fused-ring (bicyclic) bond motifs is 1. The molecule has 0 bridgehead atoms. The van der Waals surface area contributed by atoms with E-state index in [1.165, 1.54) is 0 Å². The highest BCUT2D eigenvalue weighted by molar-refractivity contribution is 5.97. The molecule has 1 aromatic rings. The molecule has 1 aromatic heterocycles. The summed E-state index contributed by atoms with van der Waals surface area (Å²) in [6, 6.07) is 0. The van der Waals surface area contributed by atoms with Gasteiger partial charge in [0.2, 0.25) is 5.91 Å². The first-order chi connectivity index (χ1) is 8.52. The maximum Gasteiger partial charge on any atom is 0.229 e. The highest BCUT2D eigenvalue weighted by Gasteiger charge is 2.27. The van der Waals surface area contributed by atoms with E-state index in [-0.39, 0.29) is 11.8 Å². The molecule has 0 aromatic carbocycles. The van der Waals surface area contributed by atoms with Crippen LogP contribution >= 0.6 is 0 Å². The van der Waals surface area contributed by atoms with Crippen molar-refractivity contribution in [3.8, 4) is 0 Å². The number of carbonyl (C=O) groups is 1. The molecule has 2 rings (SSSR count). The number of aromatic nitrogens is 2. The molecule has 0 radical (unpaired) electrons. The van der Waals surface area contributed by atoms with Crippen LogP contribution in [0.4, 0.5) is 11.5 Å². The lowest BCUT2D eigenvalue weighted by Gasteiger charge is -2.15. The first kappa shape index (κ1) is 12.9. The first-order valence-corrected chi connectivity index (χ1v) is 6.63. The molecule has 100 valence electrons. The van der Waals surface area contributed by atoms with Crippen LogP contribution in [-0.2, 0) is 18.3 Å². The molecule has 0 aliphatic carbocycles. The van der Waals surface area contributed by atoms with Gasteiger partial charge in [0.05, 0.1) is 11.6 Å². The molecule has 5 nitrogen and oxygen atoms in total. The van der Waals surface area contributed by atoms with Gasteiger partial charge in [0.1, 0.15) is 11.5 Å². The van der Waals surface area contributed by atoms with E-state index in [9.17, 15) is 4.79 Å². The second-order valence-electron chi connectivity index (χ2n) is 5.34. The number of hydrogen-bond acceptors (Lipinski definition) is 3. The quantitative estimate of drug-likeness (QED) is 0.862. The summed E-state index contributed by atoms with van der Waals surface area (Å²) in [5, 5.41) is 10.8. The van der Waals surface area contributed by atoms with Gasteiger partial charge in [-0.05, 0) is 18.8 Å². The fourth-order valence-electron chi connectivity index (χ4n) is 2.46. The standard InChI is InChI=1S/C13H22N4O/c1-5-10-11-12(17(4)16-10)14-7-9(6-8(2)3)13(18)15-11/h8-9,14H,5-7H2,1-4H3,(H,15,18). The van der Waals surface area contributed by atoms with Crippen LogP contribution in [-0.4, -0.2) is 22.2 Å². The molecule has 5 heteroatoms. The van der Waals surface area contributed by atoms with Crippen LogP contribution < -0.4 is 10.6 Å². The molecule has 0 saturated heterocycles. The van der Waals surface area contributed by atoms with Crippen molar-refractivity contribution < 1.29 is 4.79 Å². The van der Waals surface area contributed by atoms with E-state index in [0.29, 0.717) is 12.5 Å². The monoisotopic (exact) mass is 250 g/mol. The number of amides is 1. The van der Waals surface area contributed by atoms with E-state index in [0.717, 1.165) is 30.0 Å². The average Bonchev–Trinajstić information content (AvgIpc) is 2.50. The van der Waals surface area contributed by atoms with Gasteiger partial charge >= 0.3 is 0 Å². The third-order valence-corrected chi connectivity index (χ3v) is 3.35. The van der Waals surface area contributed by atoms with Crippen molar-refractivity contribution in [1.82, 2.24) is 9.78 Å². The Kier molecular flexibility index (Phi) is 3.59.